The Bertz CT molecular complexity index is 2210. The van der Waals surface area contributed by atoms with Crippen LogP contribution in [0.1, 0.15) is 194 Å². The molecule has 0 bridgehead atoms. The fourth-order valence-corrected chi connectivity index (χ4v) is 10.1. The van der Waals surface area contributed by atoms with E-state index in [1.807, 2.05) is 62.3 Å². The maximum atomic E-state index is 11.6. The average molecular weight is 1520 g/mol. The van der Waals surface area contributed by atoms with Crippen LogP contribution < -0.4 is 5.32 Å². The summed E-state index contributed by atoms with van der Waals surface area (Å²) in [7, 11) is 0. The SMILES string of the molecule is C/C(CBr)=C(\CCC1NC(C)(C)CO1)C1=NC(C)(C)CO1.CC1=C(CCC=O)C(=O)CC1.CCOC(CC/C(C(=O)Cl)=C(\C)CBr)OCC.CCOC(CC/C(C(=O)O)=C(\C)CBr)OCC.CCOC(CCC1=C(C)CCC1=O)OCC.OCC(Cl)(Cl)Cl. The van der Waals surface area contributed by atoms with Crippen molar-refractivity contribution < 1.29 is 72.1 Å². The molecular weight excluding hydrogens is 1420 g/mol. The molecule has 1 saturated heterocycles. The predicted molar refractivity (Wildman–Crippen MR) is 367 cm³/mol. The van der Waals surface area contributed by atoms with Gasteiger partial charge < -0.3 is 52.9 Å². The highest BCUT2D eigenvalue weighted by molar-refractivity contribution is 9.09. The van der Waals surface area contributed by atoms with E-state index in [9.17, 15) is 24.0 Å². The van der Waals surface area contributed by atoms with E-state index < -0.39 is 21.6 Å². The molecule has 24 heteroatoms. The number of alkyl halides is 6. The zero-order valence-corrected chi connectivity index (χ0v) is 62.8. The third-order valence-corrected chi connectivity index (χ3v) is 16.7. The highest BCUT2D eigenvalue weighted by atomic mass is 79.9. The molecule has 2 heterocycles. The Morgan fingerprint density at radius 1 is 0.682 bits per heavy atom. The normalized spacial score (nSPS) is 17.7. The standard InChI is InChI=1S/C16H27BrN2O2.C13H22O3.C12H20BrClO3.C12H21BrO4.C9H12O2.C2H3Cl3O/c1-11(8-17)12(14-19-16(4,5)10-21-14)6-7-13-18-15(2,3)9-20-13;1-4-15-13(16-5-2)9-7-11-10(3)6-8-12(11)14;2*1-4-16-11(17-5-2)7-6-10(12(14)15)9(3)8-13;1-7-4-5-9(11)8(7)3-2-6-10;3-2(4,5)1-6/h13,18H,6-10H2,1-5H3;13H,4-9H2,1-3H3;11H,4-8H2,1-3H3;11H,4-8H2,1-3H3,(H,14,15);6H,2-5H2,1H3;6H,1H2/b12-11-;;2*10-9-;;. The number of ether oxygens (including phenoxy) is 8. The number of aliphatic carboxylic acids is 1. The second-order valence-electron chi connectivity index (χ2n) is 22.1. The van der Waals surface area contributed by atoms with Crippen molar-refractivity contribution in [2.24, 2.45) is 4.99 Å². The van der Waals surface area contributed by atoms with E-state index >= 15 is 0 Å². The first kappa shape index (κ1) is 88.6. The van der Waals surface area contributed by atoms with E-state index in [2.05, 4.69) is 94.6 Å². The quantitative estimate of drug-likeness (QED) is 0.0183. The maximum Gasteiger partial charge on any atom is 0.331 e. The van der Waals surface area contributed by atoms with Gasteiger partial charge in [-0.3, -0.25) is 19.7 Å². The predicted octanol–water partition coefficient (Wildman–Crippen LogP) is 15.9. The minimum absolute atomic E-state index is 0.0718. The second-order valence-corrected chi connectivity index (χ2v) is 26.7. The number of aldehydes is 1. The summed E-state index contributed by atoms with van der Waals surface area (Å²) in [6.45, 7) is 34.5. The number of allylic oxidation sites excluding steroid dienone is 8. The van der Waals surface area contributed by atoms with Gasteiger partial charge in [-0.1, -0.05) is 110 Å². The molecule has 0 aromatic heterocycles. The Balaban J connectivity index is 0. The molecule has 1 unspecified atom stereocenters. The van der Waals surface area contributed by atoms with Crippen molar-refractivity contribution in [1.29, 1.82) is 0 Å². The minimum Gasteiger partial charge on any atom is -0.478 e. The summed E-state index contributed by atoms with van der Waals surface area (Å²) in [5.41, 5.74) is 9.66. The minimum atomic E-state index is -1.49. The number of halogens is 7. The van der Waals surface area contributed by atoms with Crippen LogP contribution in [0.3, 0.4) is 0 Å². The fourth-order valence-electron chi connectivity index (χ4n) is 8.86. The summed E-state index contributed by atoms with van der Waals surface area (Å²) in [5, 5.41) is 22.3. The van der Waals surface area contributed by atoms with Crippen LogP contribution in [0.2, 0.25) is 0 Å². The molecule has 0 aromatic carbocycles. The van der Waals surface area contributed by atoms with Gasteiger partial charge in [-0.2, -0.15) is 0 Å². The summed E-state index contributed by atoms with van der Waals surface area (Å²) in [5.74, 6) is 0.497. The number of carboxylic acid groups (broad SMARTS) is 1. The lowest BCUT2D eigenvalue weighted by atomic mass is 10.0. The van der Waals surface area contributed by atoms with Crippen LogP contribution in [-0.2, 0) is 61.9 Å². The molecule has 0 aromatic rings. The number of nitrogens with zero attached hydrogens (tertiary/aromatic N) is 1. The third-order valence-electron chi connectivity index (χ3n) is 13.6. The number of rotatable bonds is 33. The van der Waals surface area contributed by atoms with E-state index in [0.29, 0.717) is 125 Å². The molecule has 4 aliphatic rings. The molecule has 1 fully saturated rings. The number of hydrogen-bond donors (Lipinski definition) is 3. The first-order chi connectivity index (χ1) is 41.3. The van der Waals surface area contributed by atoms with Crippen LogP contribution in [0, 0.1) is 0 Å². The van der Waals surface area contributed by atoms with Gasteiger partial charge in [0.25, 0.3) is 0 Å². The Kier molecular flexibility index (Phi) is 50.4. The van der Waals surface area contributed by atoms with Crippen LogP contribution in [0.4, 0.5) is 0 Å². The van der Waals surface area contributed by atoms with Gasteiger partial charge in [0.2, 0.25) is 14.9 Å². The average Bonchev–Trinajstić information content (AvgIpc) is 4.33. The van der Waals surface area contributed by atoms with Crippen molar-refractivity contribution in [3.05, 3.63) is 55.7 Å². The summed E-state index contributed by atoms with van der Waals surface area (Å²) in [6, 6.07) is 0. The fraction of sp³-hybridized carbons (Fsp3) is 0.750. The molecule has 0 saturated carbocycles. The van der Waals surface area contributed by atoms with Crippen LogP contribution in [0.5, 0.6) is 0 Å². The molecule has 510 valence electrons. The van der Waals surface area contributed by atoms with E-state index in [0.717, 1.165) is 84.9 Å². The Morgan fingerprint density at radius 3 is 1.41 bits per heavy atom. The van der Waals surface area contributed by atoms with Crippen molar-refractivity contribution in [2.75, 3.05) is 75.5 Å². The summed E-state index contributed by atoms with van der Waals surface area (Å²) in [4.78, 5) is 59.8. The Hall–Kier alpha value is -1.44. The number of Topliss-reactive ketones (excluding diaryl/α,β-unsaturated/α-hetero) is 2. The molecule has 88 heavy (non-hydrogen) atoms. The number of nitrogens with one attached hydrogen (secondary N) is 1. The topological polar surface area (TPSA) is 224 Å². The Morgan fingerprint density at radius 2 is 1.09 bits per heavy atom. The monoisotopic (exact) mass is 1520 g/mol. The van der Waals surface area contributed by atoms with Crippen molar-refractivity contribution in [3.8, 4) is 0 Å². The molecular formula is C64H105Br3Cl4N2O15. The van der Waals surface area contributed by atoms with Crippen LogP contribution >= 0.6 is 94.2 Å². The van der Waals surface area contributed by atoms with Gasteiger partial charge in [0.15, 0.2) is 30.4 Å². The number of aliphatic hydroxyl groups excluding tert-OH is 1. The number of carboxylic acids is 1. The summed E-state index contributed by atoms with van der Waals surface area (Å²) < 4.78 is 42.6. The largest absolute Gasteiger partial charge is 0.478 e. The van der Waals surface area contributed by atoms with Gasteiger partial charge in [0, 0.05) is 116 Å². The lowest BCUT2D eigenvalue weighted by Gasteiger charge is -2.18. The maximum absolute atomic E-state index is 11.6. The van der Waals surface area contributed by atoms with Gasteiger partial charge >= 0.3 is 5.97 Å². The van der Waals surface area contributed by atoms with E-state index in [1.165, 1.54) is 22.3 Å². The summed E-state index contributed by atoms with van der Waals surface area (Å²) in [6.07, 6.45) is 10.2. The molecule has 2 aliphatic heterocycles. The number of aliphatic imine (C=N–C) groups is 1. The van der Waals surface area contributed by atoms with Crippen molar-refractivity contribution in [2.45, 2.75) is 234 Å². The number of aliphatic hydroxyl groups is 1. The smallest absolute Gasteiger partial charge is 0.331 e. The number of carbonyl (C=O) groups is 5. The summed E-state index contributed by atoms with van der Waals surface area (Å²) >= 11 is 30.7. The van der Waals surface area contributed by atoms with Crippen molar-refractivity contribution >= 4 is 129 Å². The number of ketones is 2. The molecule has 17 nitrogen and oxygen atoms in total. The molecule has 0 spiro atoms. The highest BCUT2D eigenvalue weighted by Gasteiger charge is 2.33. The van der Waals surface area contributed by atoms with Gasteiger partial charge in [-0.25, -0.2) is 9.79 Å². The van der Waals surface area contributed by atoms with Gasteiger partial charge in [0.05, 0.1) is 18.8 Å². The second kappa shape index (κ2) is 50.1. The van der Waals surface area contributed by atoms with E-state index in [1.54, 1.807) is 0 Å². The lowest BCUT2D eigenvalue weighted by molar-refractivity contribution is -0.141. The molecule has 3 N–H and O–H groups in total. The molecule has 0 amide bonds. The Labute approximate surface area is 572 Å². The first-order valence-electron chi connectivity index (χ1n) is 30.4. The van der Waals surface area contributed by atoms with E-state index in [-0.39, 0.29) is 42.0 Å². The van der Waals surface area contributed by atoms with Gasteiger partial charge in [-0.15, -0.1) is 0 Å². The van der Waals surface area contributed by atoms with E-state index in [4.69, 9.17) is 99.5 Å². The first-order valence-corrected chi connectivity index (χ1v) is 35.3. The number of carbonyl (C=O) groups excluding carboxylic acids is 4. The van der Waals surface area contributed by atoms with Gasteiger partial charge in [-0.05, 0) is 178 Å². The number of hydrogen-bond acceptors (Lipinski definition) is 16. The van der Waals surface area contributed by atoms with Crippen LogP contribution in [0.25, 0.3) is 0 Å². The van der Waals surface area contributed by atoms with Gasteiger partial charge in [0.1, 0.15) is 19.1 Å². The van der Waals surface area contributed by atoms with Crippen LogP contribution in [-0.4, -0.2) is 161 Å². The highest BCUT2D eigenvalue weighted by Crippen LogP contribution is 2.30. The third kappa shape index (κ3) is 40.0. The van der Waals surface area contributed by atoms with Crippen molar-refractivity contribution in [1.82, 2.24) is 5.32 Å². The molecule has 2 aliphatic carbocycles. The van der Waals surface area contributed by atoms with Crippen molar-refractivity contribution in [3.63, 3.8) is 0 Å². The molecule has 0 radical (unpaired) electrons. The zero-order valence-electron chi connectivity index (χ0n) is 55.1. The molecule has 1 atom stereocenters. The molecule has 4 rings (SSSR count). The van der Waals surface area contributed by atoms with Crippen LogP contribution in [0.15, 0.2) is 60.7 Å². The zero-order chi connectivity index (χ0) is 67.6. The lowest BCUT2D eigenvalue weighted by Crippen LogP contribution is -2.39.